The molecule has 12 atom stereocenters. The SMILES string of the molecule is CC(=O)OC12COC1CC(O)C1(C)C(=O)C(=O)C3C(C)C(OC(=O)C(OC(=O)CCCN4CCN(C)CC4)C(NC(=O)OC(C)(C)C)c4ccccc4)CC(O)(C(OC(=O)c4ccccc4)C21)C3(C)C. The van der Waals surface area contributed by atoms with Gasteiger partial charge in [-0.1, -0.05) is 69.3 Å². The Kier molecular flexibility index (Phi) is 15.1. The summed E-state index contributed by atoms with van der Waals surface area (Å²) in [6.07, 6.45) is -9.18. The molecule has 2 bridgehead atoms. The zero-order valence-corrected chi connectivity index (χ0v) is 41.6. The highest BCUT2D eigenvalue weighted by atomic mass is 16.6. The number of carbonyl (C=O) groups is 7. The molecule has 2 heterocycles. The van der Waals surface area contributed by atoms with E-state index < -0.39 is 130 Å². The number of hydrogen-bond acceptors (Lipinski definition) is 17. The summed E-state index contributed by atoms with van der Waals surface area (Å²) in [6, 6.07) is 14.8. The number of likely N-dealkylation sites (N-methyl/N-ethyl adjacent to an activating group) is 1. The molecule has 0 spiro atoms. The summed E-state index contributed by atoms with van der Waals surface area (Å²) in [5.41, 5.74) is -8.52. The minimum atomic E-state index is -2.41. The van der Waals surface area contributed by atoms with Gasteiger partial charge >= 0.3 is 30.0 Å². The third-order valence-corrected chi connectivity index (χ3v) is 15.6. The largest absolute Gasteiger partial charge is 0.459 e. The predicted octanol–water partition coefficient (Wildman–Crippen LogP) is 3.98. The van der Waals surface area contributed by atoms with E-state index in [-0.39, 0.29) is 25.0 Å². The van der Waals surface area contributed by atoms with Gasteiger partial charge in [0.15, 0.2) is 5.60 Å². The van der Waals surface area contributed by atoms with Gasteiger partial charge in [0.05, 0.1) is 29.6 Å². The monoisotopic (exact) mass is 975 g/mol. The van der Waals surface area contributed by atoms with Gasteiger partial charge < -0.3 is 53.8 Å². The smallest absolute Gasteiger partial charge is 0.408 e. The van der Waals surface area contributed by atoms with Crippen LogP contribution in [0.5, 0.6) is 0 Å². The van der Waals surface area contributed by atoms with Gasteiger partial charge in [-0.3, -0.25) is 19.2 Å². The number of hydrogen-bond donors (Lipinski definition) is 3. The Labute approximate surface area is 409 Å². The van der Waals surface area contributed by atoms with Crippen molar-refractivity contribution in [2.75, 3.05) is 46.4 Å². The molecule has 5 aliphatic rings. The first-order chi connectivity index (χ1) is 32.8. The van der Waals surface area contributed by atoms with Gasteiger partial charge in [0.25, 0.3) is 0 Å². The van der Waals surface area contributed by atoms with Crippen molar-refractivity contribution in [3.05, 3.63) is 71.8 Å². The molecular weight excluding hydrogens is 907 g/mol. The maximum Gasteiger partial charge on any atom is 0.408 e. The number of fused-ring (bicyclic) bond motifs is 5. The van der Waals surface area contributed by atoms with E-state index in [9.17, 15) is 29.4 Å². The summed E-state index contributed by atoms with van der Waals surface area (Å²) in [5.74, 6) is -9.79. The van der Waals surface area contributed by atoms with E-state index in [1.165, 1.54) is 19.1 Å². The Bertz CT molecular complexity index is 2300. The molecule has 0 aromatic heterocycles. The lowest BCUT2D eigenvalue weighted by Gasteiger charge is -2.67. The van der Waals surface area contributed by atoms with Crippen LogP contribution in [0.4, 0.5) is 4.79 Å². The fraction of sp³-hybridized carbons (Fsp3) is 0.635. The first-order valence-corrected chi connectivity index (χ1v) is 24.3. The second kappa shape index (κ2) is 20.1. The molecule has 2 saturated heterocycles. The summed E-state index contributed by atoms with van der Waals surface area (Å²) in [6.45, 7) is 15.8. The minimum Gasteiger partial charge on any atom is -0.459 e. The highest BCUT2D eigenvalue weighted by Crippen LogP contribution is 2.64. The maximum absolute atomic E-state index is 15.2. The number of alkyl carbamates (subject to hydrolysis) is 1. The van der Waals surface area contributed by atoms with E-state index >= 15 is 14.4 Å². The van der Waals surface area contributed by atoms with Crippen LogP contribution in [0.1, 0.15) is 103 Å². The number of amides is 1. The average molecular weight is 976 g/mol. The molecule has 5 fully saturated rings. The van der Waals surface area contributed by atoms with Crippen LogP contribution in [0.3, 0.4) is 0 Å². The number of benzene rings is 2. The van der Waals surface area contributed by atoms with Crippen LogP contribution in [0.25, 0.3) is 0 Å². The van der Waals surface area contributed by atoms with Crippen molar-refractivity contribution in [1.82, 2.24) is 15.1 Å². The highest BCUT2D eigenvalue weighted by molar-refractivity contribution is 6.40. The number of ketones is 2. The number of aliphatic hydroxyl groups is 2. The molecule has 2 aliphatic heterocycles. The van der Waals surface area contributed by atoms with Crippen molar-refractivity contribution in [3.63, 3.8) is 0 Å². The third-order valence-electron chi connectivity index (χ3n) is 15.6. The highest BCUT2D eigenvalue weighted by Gasteiger charge is 2.79. The van der Waals surface area contributed by atoms with Crippen LogP contribution in [0.15, 0.2) is 60.7 Å². The van der Waals surface area contributed by atoms with E-state index in [2.05, 4.69) is 15.1 Å². The first kappa shape index (κ1) is 52.6. The summed E-state index contributed by atoms with van der Waals surface area (Å²) >= 11 is 0. The number of nitrogens with one attached hydrogen (secondary N) is 1. The molecule has 0 radical (unpaired) electrons. The zero-order chi connectivity index (χ0) is 51.1. The Hall–Kier alpha value is -5.27. The Morgan fingerprint density at radius 3 is 2.14 bits per heavy atom. The number of ether oxygens (including phenoxy) is 6. The van der Waals surface area contributed by atoms with Crippen LogP contribution in [-0.2, 0) is 52.4 Å². The van der Waals surface area contributed by atoms with Crippen LogP contribution in [0, 0.1) is 28.6 Å². The molecule has 7 rings (SSSR count). The number of esters is 4. The molecule has 3 aliphatic carbocycles. The lowest BCUT2D eigenvalue weighted by Crippen LogP contribution is -2.82. The Balaban J connectivity index is 1.31. The molecule has 12 unspecified atom stereocenters. The Morgan fingerprint density at radius 2 is 1.56 bits per heavy atom. The fourth-order valence-corrected chi connectivity index (χ4v) is 11.7. The number of rotatable bonds is 13. The summed E-state index contributed by atoms with van der Waals surface area (Å²) in [7, 11) is 2.04. The Morgan fingerprint density at radius 1 is 0.929 bits per heavy atom. The van der Waals surface area contributed by atoms with Crippen LogP contribution in [0.2, 0.25) is 0 Å². The van der Waals surface area contributed by atoms with Gasteiger partial charge in [-0.25, -0.2) is 14.4 Å². The predicted molar refractivity (Wildman–Crippen MR) is 250 cm³/mol. The molecule has 18 nitrogen and oxygen atoms in total. The summed E-state index contributed by atoms with van der Waals surface area (Å²) in [4.78, 5) is 105. The van der Waals surface area contributed by atoms with Gasteiger partial charge in [0.2, 0.25) is 17.7 Å². The van der Waals surface area contributed by atoms with Gasteiger partial charge in [-0.05, 0) is 65.4 Å². The molecule has 3 N–H and O–H groups in total. The number of piperazine rings is 1. The van der Waals surface area contributed by atoms with E-state index in [0.717, 1.165) is 33.1 Å². The molecule has 70 heavy (non-hydrogen) atoms. The molecule has 18 heteroatoms. The van der Waals surface area contributed by atoms with Crippen molar-refractivity contribution < 1.29 is 72.2 Å². The van der Waals surface area contributed by atoms with Gasteiger partial charge in [0, 0.05) is 69.6 Å². The molecule has 2 aromatic carbocycles. The fourth-order valence-electron chi connectivity index (χ4n) is 11.7. The number of Topliss-reactive ketones (excluding diaryl/α,β-unsaturated/α-hetero) is 2. The average Bonchev–Trinajstić information content (AvgIpc) is 3.29. The second-order valence-corrected chi connectivity index (χ2v) is 21.6. The summed E-state index contributed by atoms with van der Waals surface area (Å²) < 4.78 is 36.4. The minimum absolute atomic E-state index is 0.0655. The van der Waals surface area contributed by atoms with Gasteiger partial charge in [-0.15, -0.1) is 0 Å². The lowest BCUT2D eigenvalue weighted by atomic mass is 9.42. The standard InChI is InChI=1S/C52H69N3O15/c1-30-34(66-46(62)41(67-37(58)21-16-22-55-25-23-54(9)24-26-55)39(32-17-12-10-13-18-32)53-47(63)70-48(3,4)5)28-52(64)44(68-45(61)33-19-14-11-15-20-33)42-50(8,43(60)40(59)38(30)49(52,6)7)35(57)27-36-51(42,29-65-36)69-31(2)56/h10-15,17-20,30,34-36,38-39,41-42,44,57,64H,16,21-29H2,1-9H3,(H,53,63). The third kappa shape index (κ3) is 9.98. The normalized spacial score (nSPS) is 32.8. The molecule has 1 amide bonds. The maximum atomic E-state index is 15.2. The topological polar surface area (TPSA) is 234 Å². The van der Waals surface area contributed by atoms with E-state index in [0.29, 0.717) is 18.5 Å². The summed E-state index contributed by atoms with van der Waals surface area (Å²) in [5, 5.41) is 28.5. The first-order valence-electron chi connectivity index (χ1n) is 24.3. The van der Waals surface area contributed by atoms with Gasteiger partial charge in [-0.2, -0.15) is 0 Å². The molecular formula is C52H69N3O15. The van der Waals surface area contributed by atoms with Crippen molar-refractivity contribution in [3.8, 4) is 0 Å². The number of aliphatic hydroxyl groups excluding tert-OH is 1. The number of nitrogens with zero attached hydrogens (tertiary/aromatic N) is 2. The van der Waals surface area contributed by atoms with Crippen molar-refractivity contribution in [2.24, 2.45) is 28.6 Å². The van der Waals surface area contributed by atoms with Crippen LogP contribution in [-0.4, -0.2) is 155 Å². The molecule has 2 aromatic rings. The second-order valence-electron chi connectivity index (χ2n) is 21.6. The number of carbonyl (C=O) groups excluding carboxylic acids is 7. The van der Waals surface area contributed by atoms with Gasteiger partial charge in [0.1, 0.15) is 35.6 Å². The van der Waals surface area contributed by atoms with E-state index in [1.807, 2.05) is 7.05 Å². The molecule has 382 valence electrons. The van der Waals surface area contributed by atoms with Crippen molar-refractivity contribution in [2.45, 2.75) is 134 Å². The van der Waals surface area contributed by atoms with Crippen LogP contribution < -0.4 is 5.32 Å². The van der Waals surface area contributed by atoms with Crippen LogP contribution >= 0.6 is 0 Å². The van der Waals surface area contributed by atoms with E-state index in [1.54, 1.807) is 90.1 Å². The quantitative estimate of drug-likeness (QED) is 0.146. The van der Waals surface area contributed by atoms with Crippen molar-refractivity contribution in [1.29, 1.82) is 0 Å². The molecule has 3 saturated carbocycles. The zero-order valence-electron chi connectivity index (χ0n) is 41.6. The van der Waals surface area contributed by atoms with Crippen molar-refractivity contribution >= 4 is 41.5 Å². The van der Waals surface area contributed by atoms with E-state index in [4.69, 9.17) is 28.4 Å². The lowest BCUT2D eigenvalue weighted by molar-refractivity contribution is -0.350.